The van der Waals surface area contributed by atoms with Crippen molar-refractivity contribution >= 4 is 11.9 Å². The normalized spacial score (nSPS) is 15.2. The summed E-state index contributed by atoms with van der Waals surface area (Å²) in [5.74, 6) is 1.50. The number of ether oxygens (including phenoxy) is 1. The van der Waals surface area contributed by atoms with Crippen LogP contribution in [0.1, 0.15) is 30.9 Å². The molecule has 0 bridgehead atoms. The molecule has 2 aromatic carbocycles. The van der Waals surface area contributed by atoms with Crippen LogP contribution in [-0.2, 0) is 0 Å². The van der Waals surface area contributed by atoms with E-state index in [9.17, 15) is 0 Å². The van der Waals surface area contributed by atoms with Gasteiger partial charge in [0, 0.05) is 13.1 Å². The predicted molar refractivity (Wildman–Crippen MR) is 105 cm³/mol. The van der Waals surface area contributed by atoms with E-state index < -0.39 is 0 Å². The van der Waals surface area contributed by atoms with Crippen molar-refractivity contribution in [3.8, 4) is 5.75 Å². The van der Waals surface area contributed by atoms with Crippen LogP contribution < -0.4 is 9.64 Å². The Morgan fingerprint density at radius 3 is 2.28 bits per heavy atom. The number of hydrogen-bond donors (Lipinski definition) is 0. The lowest BCUT2D eigenvalue weighted by Crippen LogP contribution is -2.44. The molecule has 1 saturated heterocycles. The van der Waals surface area contributed by atoms with Crippen LogP contribution in [0, 0.1) is 0 Å². The Kier molecular flexibility index (Phi) is 5.59. The van der Waals surface area contributed by atoms with Gasteiger partial charge in [0.25, 0.3) is 0 Å². The Bertz CT molecular complexity index is 701. The van der Waals surface area contributed by atoms with E-state index in [0.29, 0.717) is 5.92 Å². The van der Waals surface area contributed by atoms with Gasteiger partial charge in [-0.3, -0.25) is 5.01 Å². The molecular weight excluding hydrogens is 310 g/mol. The Balaban J connectivity index is 1.57. The molecule has 0 amide bonds. The largest absolute Gasteiger partial charge is 0.495 e. The summed E-state index contributed by atoms with van der Waals surface area (Å²) in [4.78, 5) is 2.36. The minimum atomic E-state index is 0.564. The first-order chi connectivity index (χ1) is 12.2. The highest BCUT2D eigenvalue weighted by Gasteiger charge is 2.18. The van der Waals surface area contributed by atoms with E-state index in [4.69, 9.17) is 4.74 Å². The summed E-state index contributed by atoms with van der Waals surface area (Å²) in [7, 11) is 1.73. The van der Waals surface area contributed by atoms with Gasteiger partial charge in [-0.15, -0.1) is 0 Å². The predicted octanol–water partition coefficient (Wildman–Crippen LogP) is 3.97. The minimum Gasteiger partial charge on any atom is -0.495 e. The van der Waals surface area contributed by atoms with Crippen LogP contribution in [0.5, 0.6) is 5.75 Å². The van der Waals surface area contributed by atoms with Gasteiger partial charge in [0.15, 0.2) is 0 Å². The van der Waals surface area contributed by atoms with Gasteiger partial charge >= 0.3 is 0 Å². The third-order valence-electron chi connectivity index (χ3n) is 4.66. The summed E-state index contributed by atoms with van der Waals surface area (Å²) >= 11 is 0. The molecule has 4 heteroatoms. The average molecular weight is 337 g/mol. The summed E-state index contributed by atoms with van der Waals surface area (Å²) in [6, 6.07) is 16.9. The first-order valence-electron chi connectivity index (χ1n) is 8.94. The van der Waals surface area contributed by atoms with Crippen molar-refractivity contribution in [2.24, 2.45) is 5.10 Å². The van der Waals surface area contributed by atoms with E-state index >= 15 is 0 Å². The molecule has 0 radical (unpaired) electrons. The van der Waals surface area contributed by atoms with Crippen LogP contribution in [0.15, 0.2) is 53.6 Å². The van der Waals surface area contributed by atoms with Crippen molar-refractivity contribution < 1.29 is 4.74 Å². The summed E-state index contributed by atoms with van der Waals surface area (Å²) in [5, 5.41) is 6.79. The second kappa shape index (κ2) is 8.06. The molecule has 3 rings (SSSR count). The number of piperazine rings is 1. The number of rotatable bonds is 5. The third-order valence-corrected chi connectivity index (χ3v) is 4.66. The van der Waals surface area contributed by atoms with Gasteiger partial charge in [-0.25, -0.2) is 0 Å². The number of anilines is 1. The molecule has 4 nitrogen and oxygen atoms in total. The first-order valence-corrected chi connectivity index (χ1v) is 8.94. The van der Waals surface area contributed by atoms with E-state index in [1.165, 1.54) is 5.56 Å². The number of benzene rings is 2. The molecule has 1 fully saturated rings. The molecule has 1 aliphatic heterocycles. The van der Waals surface area contributed by atoms with Crippen molar-refractivity contribution in [3.63, 3.8) is 0 Å². The molecule has 2 aromatic rings. The second-order valence-electron chi connectivity index (χ2n) is 6.68. The second-order valence-corrected chi connectivity index (χ2v) is 6.68. The zero-order valence-electron chi connectivity index (χ0n) is 15.4. The zero-order valence-corrected chi connectivity index (χ0v) is 15.4. The molecule has 0 saturated carbocycles. The summed E-state index contributed by atoms with van der Waals surface area (Å²) in [6.07, 6.45) is 1.96. The van der Waals surface area contributed by atoms with Crippen LogP contribution in [0.4, 0.5) is 5.69 Å². The van der Waals surface area contributed by atoms with Gasteiger partial charge < -0.3 is 9.64 Å². The number of hydrogen-bond acceptors (Lipinski definition) is 4. The topological polar surface area (TPSA) is 28.1 Å². The summed E-state index contributed by atoms with van der Waals surface area (Å²) in [6.45, 7) is 8.15. The Labute approximate surface area is 150 Å². The fraction of sp³-hybridized carbons (Fsp3) is 0.381. The lowest BCUT2D eigenvalue weighted by atomic mass is 10.0. The minimum absolute atomic E-state index is 0.564. The maximum Gasteiger partial charge on any atom is 0.142 e. The van der Waals surface area contributed by atoms with E-state index in [1.807, 2.05) is 18.3 Å². The Morgan fingerprint density at radius 2 is 1.64 bits per heavy atom. The quantitative estimate of drug-likeness (QED) is 0.773. The molecular formula is C21H27N3O. The lowest BCUT2D eigenvalue weighted by molar-refractivity contribution is 0.271. The number of nitrogens with zero attached hydrogens (tertiary/aromatic N) is 3. The molecule has 25 heavy (non-hydrogen) atoms. The Hall–Kier alpha value is -2.49. The maximum atomic E-state index is 5.47. The fourth-order valence-corrected chi connectivity index (χ4v) is 3.06. The molecule has 1 heterocycles. The van der Waals surface area contributed by atoms with Crippen molar-refractivity contribution in [2.45, 2.75) is 19.8 Å². The molecule has 0 spiro atoms. The van der Waals surface area contributed by atoms with E-state index in [2.05, 4.69) is 65.3 Å². The maximum absolute atomic E-state index is 5.47. The summed E-state index contributed by atoms with van der Waals surface area (Å²) < 4.78 is 5.47. The first kappa shape index (κ1) is 17.3. The average Bonchev–Trinajstić information content (AvgIpc) is 2.67. The SMILES string of the molecule is COc1ccccc1N1CCN(/N=C/c2ccc(C(C)C)cc2)CC1. The van der Waals surface area contributed by atoms with E-state index in [1.54, 1.807) is 7.11 Å². The molecule has 0 aliphatic carbocycles. The monoisotopic (exact) mass is 337 g/mol. The highest BCUT2D eigenvalue weighted by molar-refractivity contribution is 5.79. The number of methoxy groups -OCH3 is 1. The van der Waals surface area contributed by atoms with E-state index in [0.717, 1.165) is 43.2 Å². The van der Waals surface area contributed by atoms with Crippen molar-refractivity contribution in [1.29, 1.82) is 0 Å². The molecule has 0 atom stereocenters. The van der Waals surface area contributed by atoms with Gasteiger partial charge in [-0.2, -0.15) is 5.10 Å². The highest BCUT2D eigenvalue weighted by atomic mass is 16.5. The highest BCUT2D eigenvalue weighted by Crippen LogP contribution is 2.28. The van der Waals surface area contributed by atoms with Crippen LogP contribution in [0.25, 0.3) is 0 Å². The smallest absolute Gasteiger partial charge is 0.142 e. The Morgan fingerprint density at radius 1 is 0.960 bits per heavy atom. The van der Waals surface area contributed by atoms with Crippen LogP contribution in [0.2, 0.25) is 0 Å². The number of para-hydroxylation sites is 2. The zero-order chi connectivity index (χ0) is 17.6. The fourth-order valence-electron chi connectivity index (χ4n) is 3.06. The van der Waals surface area contributed by atoms with Gasteiger partial charge in [0.05, 0.1) is 32.1 Å². The third kappa shape index (κ3) is 4.32. The van der Waals surface area contributed by atoms with Crippen molar-refractivity contribution in [1.82, 2.24) is 5.01 Å². The summed E-state index contributed by atoms with van der Waals surface area (Å²) in [5.41, 5.74) is 3.68. The van der Waals surface area contributed by atoms with Gasteiger partial charge in [0.2, 0.25) is 0 Å². The molecule has 0 aromatic heterocycles. The molecule has 132 valence electrons. The van der Waals surface area contributed by atoms with Crippen LogP contribution >= 0.6 is 0 Å². The standard InChI is InChI=1S/C21H27N3O/c1-17(2)19-10-8-18(9-11-19)16-22-24-14-12-23(13-15-24)20-6-4-5-7-21(20)25-3/h4-11,16-17H,12-15H2,1-3H3/b22-16+. The van der Waals surface area contributed by atoms with E-state index in [-0.39, 0.29) is 0 Å². The van der Waals surface area contributed by atoms with Crippen molar-refractivity contribution in [2.75, 3.05) is 38.2 Å². The van der Waals surface area contributed by atoms with Crippen molar-refractivity contribution in [3.05, 3.63) is 59.7 Å². The van der Waals surface area contributed by atoms with Gasteiger partial charge in [-0.1, -0.05) is 50.2 Å². The molecule has 0 unspecified atom stereocenters. The number of hydrazone groups is 1. The molecule has 1 aliphatic rings. The van der Waals surface area contributed by atoms with Gasteiger partial charge in [-0.05, 0) is 29.2 Å². The van der Waals surface area contributed by atoms with Crippen LogP contribution in [-0.4, -0.2) is 44.5 Å². The van der Waals surface area contributed by atoms with Gasteiger partial charge in [0.1, 0.15) is 5.75 Å². The van der Waals surface area contributed by atoms with Crippen LogP contribution in [0.3, 0.4) is 0 Å². The lowest BCUT2D eigenvalue weighted by Gasteiger charge is -2.35. The molecule has 0 N–H and O–H groups in total.